The SMILES string of the molecule is O=CNNc1ccc(N(Cc2ccccc2)C(=S)Oc2ccc(Cl)cc2)cc1. The molecule has 0 aliphatic rings. The average Bonchev–Trinajstić information content (AvgIpc) is 2.73. The Bertz CT molecular complexity index is 919. The minimum absolute atomic E-state index is 0.318. The number of rotatable bonds is 7. The van der Waals surface area contributed by atoms with Crippen LogP contribution in [-0.4, -0.2) is 11.6 Å². The maximum absolute atomic E-state index is 10.4. The lowest BCUT2D eigenvalue weighted by Crippen LogP contribution is -2.32. The molecule has 2 N–H and O–H groups in total. The van der Waals surface area contributed by atoms with Crippen molar-refractivity contribution in [2.24, 2.45) is 0 Å². The van der Waals surface area contributed by atoms with E-state index in [4.69, 9.17) is 28.6 Å². The Morgan fingerprint density at radius 3 is 2.32 bits per heavy atom. The van der Waals surface area contributed by atoms with Crippen LogP contribution in [0.4, 0.5) is 11.4 Å². The lowest BCUT2D eigenvalue weighted by Gasteiger charge is -2.25. The van der Waals surface area contributed by atoms with Crippen molar-refractivity contribution < 1.29 is 9.53 Å². The summed E-state index contributed by atoms with van der Waals surface area (Å²) in [5, 5.41) is 0.948. The van der Waals surface area contributed by atoms with Gasteiger partial charge in [0.2, 0.25) is 6.41 Å². The third-order valence-corrected chi connectivity index (χ3v) is 4.43. The molecule has 1 amide bonds. The van der Waals surface area contributed by atoms with E-state index in [1.165, 1.54) is 0 Å². The van der Waals surface area contributed by atoms with Crippen LogP contribution in [0.1, 0.15) is 5.56 Å². The predicted octanol–water partition coefficient (Wildman–Crippen LogP) is 4.78. The molecule has 0 atom stereocenters. The number of halogens is 1. The van der Waals surface area contributed by atoms with Gasteiger partial charge in [0, 0.05) is 10.7 Å². The quantitative estimate of drug-likeness (QED) is 0.333. The predicted molar refractivity (Wildman–Crippen MR) is 117 cm³/mol. The number of benzene rings is 3. The summed E-state index contributed by atoms with van der Waals surface area (Å²) < 4.78 is 5.88. The number of hydrogen-bond acceptors (Lipinski definition) is 4. The highest BCUT2D eigenvalue weighted by atomic mass is 35.5. The van der Waals surface area contributed by atoms with Crippen LogP contribution >= 0.6 is 23.8 Å². The Morgan fingerprint density at radius 2 is 1.68 bits per heavy atom. The van der Waals surface area contributed by atoms with Gasteiger partial charge in [-0.25, -0.2) is 0 Å². The Kier molecular flexibility index (Phi) is 6.84. The van der Waals surface area contributed by atoms with Crippen LogP contribution in [0.25, 0.3) is 0 Å². The molecule has 0 bridgehead atoms. The summed E-state index contributed by atoms with van der Waals surface area (Å²) in [4.78, 5) is 12.3. The van der Waals surface area contributed by atoms with Crippen molar-refractivity contribution in [1.82, 2.24) is 5.43 Å². The fraction of sp³-hybridized carbons (Fsp3) is 0.0476. The summed E-state index contributed by atoms with van der Waals surface area (Å²) in [5.74, 6) is 0.612. The molecular weight excluding hydrogens is 394 g/mol. The molecule has 28 heavy (non-hydrogen) atoms. The minimum atomic E-state index is 0.318. The van der Waals surface area contributed by atoms with Gasteiger partial charge in [-0.1, -0.05) is 41.9 Å². The van der Waals surface area contributed by atoms with Crippen LogP contribution in [0.5, 0.6) is 5.75 Å². The van der Waals surface area contributed by atoms with E-state index in [1.807, 2.05) is 59.5 Å². The van der Waals surface area contributed by atoms with Crippen LogP contribution in [0.15, 0.2) is 78.9 Å². The van der Waals surface area contributed by atoms with Gasteiger partial charge in [-0.3, -0.25) is 20.5 Å². The van der Waals surface area contributed by atoms with Crippen LogP contribution < -0.4 is 20.5 Å². The van der Waals surface area contributed by atoms with Gasteiger partial charge in [-0.15, -0.1) is 0 Å². The van der Waals surface area contributed by atoms with Crippen LogP contribution in [0.3, 0.4) is 0 Å². The van der Waals surface area contributed by atoms with Crippen molar-refractivity contribution in [3.63, 3.8) is 0 Å². The molecule has 7 heteroatoms. The summed E-state index contributed by atoms with van der Waals surface area (Å²) in [7, 11) is 0. The van der Waals surface area contributed by atoms with Crippen LogP contribution in [0.2, 0.25) is 5.02 Å². The number of anilines is 2. The second kappa shape index (κ2) is 9.73. The second-order valence-electron chi connectivity index (χ2n) is 5.83. The van der Waals surface area contributed by atoms with Gasteiger partial charge in [0.15, 0.2) is 0 Å². The molecule has 0 fully saturated rings. The molecule has 0 radical (unpaired) electrons. The Morgan fingerprint density at radius 1 is 1.00 bits per heavy atom. The third-order valence-electron chi connectivity index (χ3n) is 3.88. The van der Waals surface area contributed by atoms with E-state index >= 15 is 0 Å². The van der Waals surface area contributed by atoms with Crippen molar-refractivity contribution in [2.45, 2.75) is 6.54 Å². The molecule has 0 aliphatic heterocycles. The van der Waals surface area contributed by atoms with Crippen molar-refractivity contribution >= 4 is 46.8 Å². The van der Waals surface area contributed by atoms with Crippen molar-refractivity contribution in [3.8, 4) is 5.75 Å². The third kappa shape index (κ3) is 5.45. The molecule has 0 heterocycles. The lowest BCUT2D eigenvalue weighted by molar-refractivity contribution is -0.109. The highest BCUT2D eigenvalue weighted by molar-refractivity contribution is 7.80. The molecule has 0 aromatic heterocycles. The normalized spacial score (nSPS) is 10.0. The smallest absolute Gasteiger partial charge is 0.269 e. The number of hydrogen-bond donors (Lipinski definition) is 2. The maximum atomic E-state index is 10.4. The molecule has 3 aromatic carbocycles. The number of carbonyl (C=O) groups is 1. The number of thiocarbonyl (C=S) groups is 1. The largest absolute Gasteiger partial charge is 0.432 e. The minimum Gasteiger partial charge on any atom is -0.432 e. The van der Waals surface area contributed by atoms with E-state index in [0.717, 1.165) is 16.9 Å². The molecule has 0 unspecified atom stereocenters. The van der Waals surface area contributed by atoms with Gasteiger partial charge < -0.3 is 4.74 Å². The van der Waals surface area contributed by atoms with E-state index in [1.54, 1.807) is 24.3 Å². The number of ether oxygens (including phenoxy) is 1. The second-order valence-corrected chi connectivity index (χ2v) is 6.61. The first-order valence-corrected chi connectivity index (χ1v) is 9.28. The highest BCUT2D eigenvalue weighted by Crippen LogP contribution is 2.23. The first-order valence-electron chi connectivity index (χ1n) is 8.50. The Balaban J connectivity index is 1.82. The van der Waals surface area contributed by atoms with E-state index in [0.29, 0.717) is 28.9 Å². The summed E-state index contributed by atoms with van der Waals surface area (Å²) in [6.07, 6.45) is 0.574. The van der Waals surface area contributed by atoms with E-state index in [-0.39, 0.29) is 0 Å². The fourth-order valence-corrected chi connectivity index (χ4v) is 2.92. The average molecular weight is 412 g/mol. The van der Waals surface area contributed by atoms with Gasteiger partial charge in [0.05, 0.1) is 12.2 Å². The molecule has 0 spiro atoms. The zero-order chi connectivity index (χ0) is 19.8. The van der Waals surface area contributed by atoms with Gasteiger partial charge in [-0.2, -0.15) is 0 Å². The Labute approximate surface area is 173 Å². The van der Waals surface area contributed by atoms with E-state index < -0.39 is 0 Å². The highest BCUT2D eigenvalue weighted by Gasteiger charge is 2.15. The maximum Gasteiger partial charge on any atom is 0.269 e. The fourth-order valence-electron chi connectivity index (χ4n) is 2.52. The van der Waals surface area contributed by atoms with Gasteiger partial charge in [-0.05, 0) is 66.3 Å². The number of hydrazine groups is 1. The molecular formula is C21H18ClN3O2S. The molecule has 0 saturated heterocycles. The zero-order valence-corrected chi connectivity index (χ0v) is 16.4. The van der Waals surface area contributed by atoms with Gasteiger partial charge in [0.1, 0.15) is 5.75 Å². The standard InChI is InChI=1S/C21H18ClN3O2S/c22-17-6-12-20(13-7-17)27-21(28)25(14-16-4-2-1-3-5-16)19-10-8-18(9-11-19)24-23-15-26/h1-13,15,24H,14H2,(H,23,26). The Hall–Kier alpha value is -3.09. The molecule has 0 saturated carbocycles. The topological polar surface area (TPSA) is 53.6 Å². The van der Waals surface area contributed by atoms with Crippen LogP contribution in [0, 0.1) is 0 Å². The first kappa shape index (κ1) is 19.7. The lowest BCUT2D eigenvalue weighted by atomic mass is 10.2. The number of nitrogens with zero attached hydrogens (tertiary/aromatic N) is 1. The van der Waals surface area contributed by atoms with Crippen molar-refractivity contribution in [1.29, 1.82) is 0 Å². The number of nitrogens with one attached hydrogen (secondary N) is 2. The first-order chi connectivity index (χ1) is 13.7. The summed E-state index contributed by atoms with van der Waals surface area (Å²) in [5.41, 5.74) is 7.88. The van der Waals surface area contributed by atoms with Crippen LogP contribution in [-0.2, 0) is 11.3 Å². The summed E-state index contributed by atoms with van der Waals surface area (Å²) in [6, 6.07) is 24.5. The zero-order valence-electron chi connectivity index (χ0n) is 14.8. The molecule has 3 aromatic rings. The van der Waals surface area contributed by atoms with Gasteiger partial charge >= 0.3 is 0 Å². The number of amides is 1. The summed E-state index contributed by atoms with van der Waals surface area (Å²) in [6.45, 7) is 0.548. The molecule has 0 aliphatic carbocycles. The van der Waals surface area contributed by atoms with E-state index in [2.05, 4.69) is 10.9 Å². The molecule has 142 valence electrons. The summed E-state index contributed by atoms with van der Waals surface area (Å²) >= 11 is 11.5. The van der Waals surface area contributed by atoms with E-state index in [9.17, 15) is 4.79 Å². The molecule has 5 nitrogen and oxygen atoms in total. The molecule has 3 rings (SSSR count). The van der Waals surface area contributed by atoms with Crippen molar-refractivity contribution in [3.05, 3.63) is 89.4 Å². The van der Waals surface area contributed by atoms with Gasteiger partial charge in [0.25, 0.3) is 5.17 Å². The van der Waals surface area contributed by atoms with Crippen molar-refractivity contribution in [2.75, 3.05) is 10.3 Å². The monoisotopic (exact) mass is 411 g/mol. The number of carbonyl (C=O) groups excluding carboxylic acids is 1.